The minimum atomic E-state index is -0.344. The number of H-pyrrole nitrogens is 1. The molecular formula is C17H15FN4O. The van der Waals surface area contributed by atoms with Crippen molar-refractivity contribution in [1.82, 2.24) is 19.9 Å². The first-order chi connectivity index (χ1) is 11.1. The number of nitrogens with zero attached hydrogens (tertiary/aromatic N) is 3. The molecule has 4 rings (SSSR count). The largest absolute Gasteiger partial charge is 0.339 e. The first kappa shape index (κ1) is 13.9. The van der Waals surface area contributed by atoms with E-state index in [0.717, 1.165) is 22.3 Å². The fourth-order valence-electron chi connectivity index (χ4n) is 3.35. The lowest BCUT2D eigenvalue weighted by atomic mass is 9.93. The Bertz CT molecular complexity index is 904. The van der Waals surface area contributed by atoms with Crippen molar-refractivity contribution in [2.45, 2.75) is 19.4 Å². The maximum Gasteiger partial charge on any atom is 0.220 e. The van der Waals surface area contributed by atoms with Gasteiger partial charge in [-0.25, -0.2) is 9.37 Å². The first-order valence-corrected chi connectivity index (χ1v) is 7.49. The second kappa shape index (κ2) is 5.15. The van der Waals surface area contributed by atoms with Gasteiger partial charge in [0.05, 0.1) is 6.04 Å². The Hall–Kier alpha value is -2.76. The highest BCUT2D eigenvalue weighted by molar-refractivity contribution is 5.80. The monoisotopic (exact) mass is 310 g/mol. The van der Waals surface area contributed by atoms with E-state index in [1.54, 1.807) is 23.4 Å². The number of aromatic nitrogens is 3. The molecule has 0 bridgehead atoms. The van der Waals surface area contributed by atoms with Crippen LogP contribution >= 0.6 is 0 Å². The summed E-state index contributed by atoms with van der Waals surface area (Å²) in [5.41, 5.74) is 4.20. The van der Waals surface area contributed by atoms with Gasteiger partial charge in [0.15, 0.2) is 5.65 Å². The van der Waals surface area contributed by atoms with Crippen molar-refractivity contribution in [1.29, 1.82) is 0 Å². The molecule has 0 aliphatic carbocycles. The summed E-state index contributed by atoms with van der Waals surface area (Å²) in [5.74, 6) is -0.352. The van der Waals surface area contributed by atoms with E-state index in [1.165, 1.54) is 19.1 Å². The number of hydrogen-bond acceptors (Lipinski definition) is 3. The van der Waals surface area contributed by atoms with Crippen molar-refractivity contribution >= 4 is 17.1 Å². The van der Waals surface area contributed by atoms with Crippen LogP contribution in [-0.2, 0) is 11.2 Å². The maximum absolute atomic E-state index is 13.7. The molecule has 0 saturated carbocycles. The third-order valence-electron chi connectivity index (χ3n) is 4.32. The molecule has 1 aliphatic heterocycles. The van der Waals surface area contributed by atoms with Crippen LogP contribution in [0.15, 0.2) is 36.7 Å². The molecule has 1 atom stereocenters. The number of fused-ring (bicyclic) bond motifs is 3. The van der Waals surface area contributed by atoms with E-state index in [4.69, 9.17) is 0 Å². The third-order valence-corrected chi connectivity index (χ3v) is 4.32. The number of carbonyl (C=O) groups is 1. The van der Waals surface area contributed by atoms with Crippen molar-refractivity contribution < 1.29 is 9.18 Å². The highest BCUT2D eigenvalue weighted by Gasteiger charge is 2.33. The number of rotatable bonds is 1. The summed E-state index contributed by atoms with van der Waals surface area (Å²) in [6.45, 7) is 2.11. The van der Waals surface area contributed by atoms with Crippen LogP contribution in [0, 0.1) is 5.82 Å². The molecule has 0 radical (unpaired) electrons. The average Bonchev–Trinajstić information content (AvgIpc) is 2.92. The molecule has 3 aromatic rings. The van der Waals surface area contributed by atoms with Crippen LogP contribution in [0.1, 0.15) is 29.8 Å². The summed E-state index contributed by atoms with van der Waals surface area (Å²) in [4.78, 5) is 25.8. The molecule has 1 aliphatic rings. The molecule has 23 heavy (non-hydrogen) atoms. The van der Waals surface area contributed by atoms with Crippen molar-refractivity contribution in [3.63, 3.8) is 0 Å². The zero-order valence-electron chi connectivity index (χ0n) is 12.6. The molecule has 2 aromatic heterocycles. The summed E-state index contributed by atoms with van der Waals surface area (Å²) < 4.78 is 13.7. The van der Waals surface area contributed by atoms with E-state index in [9.17, 15) is 9.18 Å². The summed E-state index contributed by atoms with van der Waals surface area (Å²) >= 11 is 0. The Morgan fingerprint density at radius 2 is 2.17 bits per heavy atom. The highest BCUT2D eigenvalue weighted by atomic mass is 19.1. The number of carbonyl (C=O) groups excluding carboxylic acids is 1. The summed E-state index contributed by atoms with van der Waals surface area (Å²) in [6.07, 6.45) is 3.99. The first-order valence-electron chi connectivity index (χ1n) is 7.49. The predicted molar refractivity (Wildman–Crippen MR) is 83.2 cm³/mol. The predicted octanol–water partition coefficient (Wildman–Crippen LogP) is 2.59. The standard InChI is InChI=1S/C17H15FN4O/c1-10(23)22-8-5-13-14(21-17-15(13)19-6-7-20-17)16(22)11-3-2-4-12(18)9-11/h2-4,6-7,9,16H,5,8H2,1H3,(H,20,21). The topological polar surface area (TPSA) is 61.9 Å². The Labute approximate surface area is 132 Å². The lowest BCUT2D eigenvalue weighted by Crippen LogP contribution is -2.39. The SMILES string of the molecule is CC(=O)N1CCc2c([nH]c3nccnc23)C1c1cccc(F)c1. The van der Waals surface area contributed by atoms with Gasteiger partial charge in [0.2, 0.25) is 5.91 Å². The molecule has 3 heterocycles. The molecule has 6 heteroatoms. The van der Waals surface area contributed by atoms with Crippen LogP contribution in [-0.4, -0.2) is 32.3 Å². The van der Waals surface area contributed by atoms with Gasteiger partial charge in [-0.05, 0) is 24.1 Å². The van der Waals surface area contributed by atoms with Crippen molar-refractivity contribution in [3.8, 4) is 0 Å². The summed E-state index contributed by atoms with van der Waals surface area (Å²) in [5, 5.41) is 0. The van der Waals surface area contributed by atoms with Gasteiger partial charge in [-0.15, -0.1) is 0 Å². The molecule has 0 fully saturated rings. The number of benzene rings is 1. The minimum Gasteiger partial charge on any atom is -0.339 e. The molecule has 116 valence electrons. The van der Waals surface area contributed by atoms with Crippen LogP contribution in [0.25, 0.3) is 11.2 Å². The number of nitrogens with one attached hydrogen (secondary N) is 1. The molecular weight excluding hydrogens is 295 g/mol. The van der Waals surface area contributed by atoms with Gasteiger partial charge >= 0.3 is 0 Å². The van der Waals surface area contributed by atoms with Crippen LogP contribution in [0.2, 0.25) is 0 Å². The smallest absolute Gasteiger partial charge is 0.220 e. The van der Waals surface area contributed by atoms with Crippen LogP contribution in [0.5, 0.6) is 0 Å². The fraction of sp³-hybridized carbons (Fsp3) is 0.235. The quantitative estimate of drug-likeness (QED) is 0.751. The molecule has 1 amide bonds. The number of hydrogen-bond donors (Lipinski definition) is 1. The molecule has 1 N–H and O–H groups in total. The Morgan fingerprint density at radius 3 is 2.96 bits per heavy atom. The molecule has 1 aromatic carbocycles. The van der Waals surface area contributed by atoms with Crippen LogP contribution in [0.4, 0.5) is 4.39 Å². The van der Waals surface area contributed by atoms with Gasteiger partial charge in [0.25, 0.3) is 0 Å². The van der Waals surface area contributed by atoms with Gasteiger partial charge in [-0.2, -0.15) is 0 Å². The summed E-state index contributed by atoms with van der Waals surface area (Å²) in [7, 11) is 0. The molecule has 1 unspecified atom stereocenters. The normalized spacial score (nSPS) is 17.3. The van der Waals surface area contributed by atoms with E-state index in [0.29, 0.717) is 18.6 Å². The third kappa shape index (κ3) is 2.18. The van der Waals surface area contributed by atoms with E-state index in [1.807, 2.05) is 6.07 Å². The van der Waals surface area contributed by atoms with E-state index < -0.39 is 0 Å². The number of halogens is 1. The zero-order valence-corrected chi connectivity index (χ0v) is 12.6. The van der Waals surface area contributed by atoms with Gasteiger partial charge in [0, 0.05) is 37.1 Å². The van der Waals surface area contributed by atoms with E-state index in [2.05, 4.69) is 15.0 Å². The van der Waals surface area contributed by atoms with Crippen LogP contribution < -0.4 is 0 Å². The van der Waals surface area contributed by atoms with Gasteiger partial charge in [0.1, 0.15) is 11.3 Å². The second-order valence-corrected chi connectivity index (χ2v) is 5.69. The van der Waals surface area contributed by atoms with Gasteiger partial charge in [-0.3, -0.25) is 9.78 Å². The van der Waals surface area contributed by atoms with E-state index >= 15 is 0 Å². The molecule has 0 saturated heterocycles. The lowest BCUT2D eigenvalue weighted by molar-refractivity contribution is -0.130. The lowest BCUT2D eigenvalue weighted by Gasteiger charge is -2.35. The maximum atomic E-state index is 13.7. The fourth-order valence-corrected chi connectivity index (χ4v) is 3.35. The Balaban J connectivity index is 1.95. The molecule has 0 spiro atoms. The van der Waals surface area contributed by atoms with Gasteiger partial charge < -0.3 is 9.88 Å². The summed E-state index contributed by atoms with van der Waals surface area (Å²) in [6, 6.07) is 6.03. The van der Waals surface area contributed by atoms with Crippen molar-refractivity contribution in [2.75, 3.05) is 6.54 Å². The van der Waals surface area contributed by atoms with E-state index in [-0.39, 0.29) is 17.8 Å². The number of aromatic amines is 1. The average molecular weight is 310 g/mol. The Kier molecular flexibility index (Phi) is 3.11. The Morgan fingerprint density at radius 1 is 1.35 bits per heavy atom. The van der Waals surface area contributed by atoms with Crippen molar-refractivity contribution in [3.05, 3.63) is 59.3 Å². The second-order valence-electron chi connectivity index (χ2n) is 5.69. The van der Waals surface area contributed by atoms with Gasteiger partial charge in [-0.1, -0.05) is 12.1 Å². The van der Waals surface area contributed by atoms with Crippen molar-refractivity contribution in [2.24, 2.45) is 0 Å². The van der Waals surface area contributed by atoms with Crippen LogP contribution in [0.3, 0.4) is 0 Å². The zero-order chi connectivity index (χ0) is 16.0. The molecule has 5 nitrogen and oxygen atoms in total. The minimum absolute atomic E-state index is 0.0375. The number of amides is 1. The highest BCUT2D eigenvalue weighted by Crippen LogP contribution is 2.37.